The number of hydrogen-bond donors (Lipinski definition) is 0. The maximum absolute atomic E-state index is 11.9. The minimum atomic E-state index is -0.511. The number of unbranched alkanes of at least 4 members (excludes halogenated alkanes) is 12. The zero-order chi connectivity index (χ0) is 20.3. The van der Waals surface area contributed by atoms with Crippen molar-refractivity contribution in [2.24, 2.45) is 0 Å². The van der Waals surface area contributed by atoms with Crippen LogP contribution in [0.2, 0.25) is 0 Å². The van der Waals surface area contributed by atoms with Gasteiger partial charge in [0.15, 0.2) is 0 Å². The molecular formula is C24H47NO3. The first kappa shape index (κ1) is 25.3. The minimum Gasteiger partial charge on any atom is -0.430 e. The predicted octanol–water partition coefficient (Wildman–Crippen LogP) is 7.80. The molecule has 1 heterocycles. The number of carbonyl (C=O) groups is 1. The first-order valence-corrected chi connectivity index (χ1v) is 12.4. The van der Waals surface area contributed by atoms with Crippen molar-refractivity contribution in [2.75, 3.05) is 13.1 Å². The van der Waals surface area contributed by atoms with E-state index >= 15 is 0 Å². The Bertz CT molecular complexity index is 356. The van der Waals surface area contributed by atoms with Crippen molar-refractivity contribution in [3.05, 3.63) is 0 Å². The summed E-state index contributed by atoms with van der Waals surface area (Å²) in [5, 5.41) is 1.75. The highest BCUT2D eigenvalue weighted by atomic mass is 16.8. The number of hydrogen-bond acceptors (Lipinski definition) is 4. The zero-order valence-corrected chi connectivity index (χ0v) is 18.9. The van der Waals surface area contributed by atoms with Gasteiger partial charge in [-0.3, -0.25) is 0 Å². The summed E-state index contributed by atoms with van der Waals surface area (Å²) in [7, 11) is 0. The molecule has 0 saturated carbocycles. The highest BCUT2D eigenvalue weighted by molar-refractivity contribution is 5.59. The van der Waals surface area contributed by atoms with Gasteiger partial charge >= 0.3 is 6.16 Å². The highest BCUT2D eigenvalue weighted by Crippen LogP contribution is 2.16. The minimum absolute atomic E-state index is 0.00463. The van der Waals surface area contributed by atoms with E-state index in [1.165, 1.54) is 83.5 Å². The van der Waals surface area contributed by atoms with Crippen molar-refractivity contribution in [3.63, 3.8) is 0 Å². The largest absolute Gasteiger partial charge is 0.528 e. The van der Waals surface area contributed by atoms with Gasteiger partial charge in [0.1, 0.15) is 6.10 Å². The van der Waals surface area contributed by atoms with Crippen LogP contribution in [0.3, 0.4) is 0 Å². The fourth-order valence-corrected chi connectivity index (χ4v) is 3.96. The highest BCUT2D eigenvalue weighted by Gasteiger charge is 2.19. The monoisotopic (exact) mass is 397 g/mol. The van der Waals surface area contributed by atoms with Crippen molar-refractivity contribution in [3.8, 4) is 0 Å². The third-order valence-corrected chi connectivity index (χ3v) is 5.87. The van der Waals surface area contributed by atoms with Crippen molar-refractivity contribution >= 4 is 6.16 Å². The number of ether oxygens (including phenoxy) is 1. The van der Waals surface area contributed by atoms with E-state index < -0.39 is 6.16 Å². The summed E-state index contributed by atoms with van der Waals surface area (Å²) < 4.78 is 5.51. The fourth-order valence-electron chi connectivity index (χ4n) is 3.96. The quantitative estimate of drug-likeness (QED) is 0.185. The van der Waals surface area contributed by atoms with Gasteiger partial charge in [0.2, 0.25) is 0 Å². The Morgan fingerprint density at radius 2 is 1.25 bits per heavy atom. The van der Waals surface area contributed by atoms with E-state index in [2.05, 4.69) is 13.8 Å². The topological polar surface area (TPSA) is 38.8 Å². The van der Waals surface area contributed by atoms with Crippen LogP contribution < -0.4 is 0 Å². The molecule has 1 aliphatic rings. The van der Waals surface area contributed by atoms with E-state index in [1.54, 1.807) is 5.06 Å². The molecule has 0 aliphatic carbocycles. The molecule has 0 aromatic carbocycles. The van der Waals surface area contributed by atoms with Crippen LogP contribution in [0.5, 0.6) is 0 Å². The van der Waals surface area contributed by atoms with Crippen LogP contribution in [0.1, 0.15) is 129 Å². The van der Waals surface area contributed by atoms with Crippen molar-refractivity contribution < 1.29 is 14.4 Å². The molecule has 0 N–H and O–H groups in total. The smallest absolute Gasteiger partial charge is 0.430 e. The standard InChI is InChI=1S/C24H47NO3/c1-3-5-6-7-8-9-10-11-12-13-14-15-17-20-23(4-2)27-24(26)28-25-21-18-16-19-22-25/h23H,3-22H2,1-2H3. The second-order valence-corrected chi connectivity index (χ2v) is 8.51. The molecule has 0 amide bonds. The zero-order valence-electron chi connectivity index (χ0n) is 18.9. The van der Waals surface area contributed by atoms with E-state index in [0.717, 1.165) is 45.2 Å². The summed E-state index contributed by atoms with van der Waals surface area (Å²) in [6, 6.07) is 0. The predicted molar refractivity (Wildman–Crippen MR) is 117 cm³/mol. The van der Waals surface area contributed by atoms with Gasteiger partial charge in [0, 0.05) is 13.1 Å². The summed E-state index contributed by atoms with van der Waals surface area (Å²) >= 11 is 0. The lowest BCUT2D eigenvalue weighted by Gasteiger charge is -2.25. The van der Waals surface area contributed by atoms with Gasteiger partial charge in [-0.05, 0) is 32.1 Å². The molecule has 0 aromatic heterocycles. The van der Waals surface area contributed by atoms with Gasteiger partial charge < -0.3 is 9.57 Å². The van der Waals surface area contributed by atoms with Gasteiger partial charge in [0.05, 0.1) is 0 Å². The van der Waals surface area contributed by atoms with Crippen molar-refractivity contribution in [1.29, 1.82) is 0 Å². The maximum Gasteiger partial charge on any atom is 0.528 e. The molecule has 0 bridgehead atoms. The molecule has 1 fully saturated rings. The van der Waals surface area contributed by atoms with Crippen molar-refractivity contribution in [2.45, 2.75) is 136 Å². The number of nitrogens with zero attached hydrogens (tertiary/aromatic N) is 1. The molecule has 28 heavy (non-hydrogen) atoms. The third kappa shape index (κ3) is 14.3. The maximum atomic E-state index is 11.9. The van der Waals surface area contributed by atoms with Gasteiger partial charge in [-0.1, -0.05) is 97.3 Å². The molecule has 4 heteroatoms. The van der Waals surface area contributed by atoms with E-state index in [-0.39, 0.29) is 6.10 Å². The Balaban J connectivity index is 1.90. The van der Waals surface area contributed by atoms with Crippen LogP contribution in [0.15, 0.2) is 0 Å². The summed E-state index contributed by atoms with van der Waals surface area (Å²) in [5.74, 6) is 0. The summed E-state index contributed by atoms with van der Waals surface area (Å²) in [6.07, 6.45) is 22.5. The van der Waals surface area contributed by atoms with Crippen LogP contribution in [-0.4, -0.2) is 30.4 Å². The molecular weight excluding hydrogens is 350 g/mol. The lowest BCUT2D eigenvalue weighted by molar-refractivity contribution is -0.144. The van der Waals surface area contributed by atoms with E-state index in [9.17, 15) is 4.79 Å². The fraction of sp³-hybridized carbons (Fsp3) is 0.958. The van der Waals surface area contributed by atoms with Crippen LogP contribution in [0.25, 0.3) is 0 Å². The van der Waals surface area contributed by atoms with Gasteiger partial charge in [-0.2, -0.15) is 0 Å². The molecule has 0 aromatic rings. The van der Waals surface area contributed by atoms with E-state index in [4.69, 9.17) is 9.57 Å². The first-order chi connectivity index (χ1) is 13.8. The average Bonchev–Trinajstić information content (AvgIpc) is 2.71. The first-order valence-electron chi connectivity index (χ1n) is 12.4. The Morgan fingerprint density at radius 1 is 0.750 bits per heavy atom. The molecule has 4 nitrogen and oxygen atoms in total. The number of piperidine rings is 1. The molecule has 1 atom stereocenters. The van der Waals surface area contributed by atoms with Gasteiger partial charge in [-0.25, -0.2) is 4.79 Å². The molecule has 1 saturated heterocycles. The number of carbonyl (C=O) groups excluding carboxylic acids is 1. The summed E-state index contributed by atoms with van der Waals surface area (Å²) in [4.78, 5) is 17.2. The Kier molecular flexibility index (Phi) is 16.5. The molecule has 1 rings (SSSR count). The molecule has 0 spiro atoms. The summed E-state index contributed by atoms with van der Waals surface area (Å²) in [6.45, 7) is 6.04. The lowest BCUT2D eigenvalue weighted by Crippen LogP contribution is -2.33. The number of hydroxylamine groups is 2. The van der Waals surface area contributed by atoms with E-state index in [0.29, 0.717) is 0 Å². The Hall–Kier alpha value is -0.770. The van der Waals surface area contributed by atoms with Crippen LogP contribution >= 0.6 is 0 Å². The second kappa shape index (κ2) is 18.3. The summed E-state index contributed by atoms with van der Waals surface area (Å²) in [5.41, 5.74) is 0. The molecule has 0 radical (unpaired) electrons. The van der Waals surface area contributed by atoms with Crippen LogP contribution in [-0.2, 0) is 9.57 Å². The average molecular weight is 398 g/mol. The van der Waals surface area contributed by atoms with E-state index in [1.807, 2.05) is 0 Å². The van der Waals surface area contributed by atoms with Crippen LogP contribution in [0, 0.1) is 0 Å². The molecule has 166 valence electrons. The SMILES string of the molecule is CCCCCCCCCCCCCCCC(CC)OC(=O)ON1CCCCC1. The van der Waals surface area contributed by atoms with Crippen molar-refractivity contribution in [1.82, 2.24) is 5.06 Å². The van der Waals surface area contributed by atoms with Gasteiger partial charge in [-0.15, -0.1) is 5.06 Å². The van der Waals surface area contributed by atoms with Gasteiger partial charge in [0.25, 0.3) is 0 Å². The third-order valence-electron chi connectivity index (χ3n) is 5.87. The number of rotatable bonds is 17. The van der Waals surface area contributed by atoms with Crippen LogP contribution in [0.4, 0.5) is 4.79 Å². The Labute approximate surface area is 174 Å². The normalized spacial score (nSPS) is 16.1. The molecule has 1 unspecified atom stereocenters. The Morgan fingerprint density at radius 3 is 1.75 bits per heavy atom. The molecule has 1 aliphatic heterocycles. The lowest BCUT2D eigenvalue weighted by atomic mass is 10.0. The second-order valence-electron chi connectivity index (χ2n) is 8.51.